The van der Waals surface area contributed by atoms with Crippen LogP contribution in [0.15, 0.2) is 34.7 Å². The molecule has 5 nitrogen and oxygen atoms in total. The maximum atomic E-state index is 13.4. The number of rotatable bonds is 2. The minimum Gasteiger partial charge on any atom is -0.486 e. The monoisotopic (exact) mass is 435 g/mol. The SMILES string of the molecule is Cc1cc(F)ccc1NC(=O)c1oc2ccc3c(c2c1C)C(=O)CC1(CCCCCC1)O3. The molecule has 1 N–H and O–H groups in total. The van der Waals surface area contributed by atoms with Crippen LogP contribution in [0.1, 0.15) is 77.0 Å². The standard InChI is InChI=1S/C26H26FNO4/c1-15-13-17(27)7-8-18(15)28-25(30)24-16(2)22-20(31-24)9-10-21-23(22)19(29)14-26(32-21)11-5-3-4-6-12-26/h7-10,13H,3-6,11-12,14H2,1-2H3,(H,28,30). The number of furan rings is 1. The number of nitrogens with one attached hydrogen (secondary N) is 1. The Bertz CT molecular complexity index is 1230. The van der Waals surface area contributed by atoms with Crippen molar-refractivity contribution < 1.29 is 23.1 Å². The van der Waals surface area contributed by atoms with E-state index < -0.39 is 11.5 Å². The first-order valence-electron chi connectivity index (χ1n) is 11.2. The fourth-order valence-electron chi connectivity index (χ4n) is 5.15. The van der Waals surface area contributed by atoms with Crippen molar-refractivity contribution in [2.24, 2.45) is 0 Å². The van der Waals surface area contributed by atoms with Gasteiger partial charge < -0.3 is 14.5 Å². The van der Waals surface area contributed by atoms with E-state index >= 15 is 0 Å². The maximum Gasteiger partial charge on any atom is 0.291 e. The quantitative estimate of drug-likeness (QED) is 0.499. The van der Waals surface area contributed by atoms with Gasteiger partial charge in [0.25, 0.3) is 5.91 Å². The van der Waals surface area contributed by atoms with E-state index in [0.717, 1.165) is 25.7 Å². The molecule has 0 radical (unpaired) electrons. The van der Waals surface area contributed by atoms with Crippen LogP contribution in [-0.4, -0.2) is 17.3 Å². The molecule has 32 heavy (non-hydrogen) atoms. The van der Waals surface area contributed by atoms with Crippen LogP contribution in [0, 0.1) is 19.7 Å². The smallest absolute Gasteiger partial charge is 0.291 e. The highest BCUT2D eigenvalue weighted by Gasteiger charge is 2.42. The number of aryl methyl sites for hydroxylation is 2. The predicted octanol–water partition coefficient (Wildman–Crippen LogP) is 6.50. The van der Waals surface area contributed by atoms with E-state index in [-0.39, 0.29) is 17.4 Å². The number of ketones is 1. The minimum absolute atomic E-state index is 0.0454. The van der Waals surface area contributed by atoms with Crippen molar-refractivity contribution in [2.45, 2.75) is 64.4 Å². The van der Waals surface area contributed by atoms with Gasteiger partial charge in [0, 0.05) is 16.6 Å². The molecule has 1 aliphatic carbocycles. The lowest BCUT2D eigenvalue weighted by Gasteiger charge is -2.37. The van der Waals surface area contributed by atoms with Gasteiger partial charge in [-0.2, -0.15) is 0 Å². The molecule has 2 aromatic carbocycles. The summed E-state index contributed by atoms with van der Waals surface area (Å²) >= 11 is 0. The van der Waals surface area contributed by atoms with Crippen LogP contribution in [-0.2, 0) is 0 Å². The van der Waals surface area contributed by atoms with Crippen molar-refractivity contribution in [1.82, 2.24) is 0 Å². The molecule has 2 aliphatic rings. The van der Waals surface area contributed by atoms with Crippen LogP contribution >= 0.6 is 0 Å². The van der Waals surface area contributed by atoms with Gasteiger partial charge in [-0.25, -0.2) is 4.39 Å². The van der Waals surface area contributed by atoms with E-state index in [0.29, 0.717) is 45.5 Å². The fourth-order valence-corrected chi connectivity index (χ4v) is 5.15. The molecule has 0 unspecified atom stereocenters. The van der Waals surface area contributed by atoms with E-state index in [9.17, 15) is 14.0 Å². The summed E-state index contributed by atoms with van der Waals surface area (Å²) in [6.45, 7) is 3.50. The van der Waals surface area contributed by atoms with Gasteiger partial charge in [0.15, 0.2) is 11.5 Å². The Kier molecular flexibility index (Phi) is 5.03. The van der Waals surface area contributed by atoms with Gasteiger partial charge >= 0.3 is 0 Å². The predicted molar refractivity (Wildman–Crippen MR) is 120 cm³/mol. The molecule has 1 fully saturated rings. The zero-order valence-electron chi connectivity index (χ0n) is 18.3. The van der Waals surface area contributed by atoms with Gasteiger partial charge in [-0.1, -0.05) is 12.8 Å². The molecule has 5 rings (SSSR count). The summed E-state index contributed by atoms with van der Waals surface area (Å²) in [5.74, 6) is -0.0341. The summed E-state index contributed by atoms with van der Waals surface area (Å²) in [4.78, 5) is 26.3. The average molecular weight is 435 g/mol. The van der Waals surface area contributed by atoms with E-state index in [4.69, 9.17) is 9.15 Å². The molecular formula is C26H26FNO4. The third kappa shape index (κ3) is 3.48. The summed E-state index contributed by atoms with van der Waals surface area (Å²) in [5.41, 5.74) is 2.30. The fraction of sp³-hybridized carbons (Fsp3) is 0.385. The molecule has 1 aliphatic heterocycles. The second-order valence-electron chi connectivity index (χ2n) is 9.08. The lowest BCUT2D eigenvalue weighted by molar-refractivity contribution is 0.0301. The van der Waals surface area contributed by atoms with E-state index in [1.165, 1.54) is 31.0 Å². The highest BCUT2D eigenvalue weighted by atomic mass is 19.1. The number of hydrogen-bond donors (Lipinski definition) is 1. The number of hydrogen-bond acceptors (Lipinski definition) is 4. The van der Waals surface area contributed by atoms with Crippen LogP contribution in [0.25, 0.3) is 11.0 Å². The Morgan fingerprint density at radius 1 is 1.06 bits per heavy atom. The van der Waals surface area contributed by atoms with Crippen molar-refractivity contribution >= 4 is 28.3 Å². The molecule has 3 aromatic rings. The Labute approximate surface area is 185 Å². The van der Waals surface area contributed by atoms with Gasteiger partial charge in [0.1, 0.15) is 22.8 Å². The van der Waals surface area contributed by atoms with E-state index in [1.807, 2.05) is 0 Å². The number of halogens is 1. The van der Waals surface area contributed by atoms with Gasteiger partial charge in [-0.05, 0) is 75.4 Å². The number of anilines is 1. The van der Waals surface area contributed by atoms with Crippen LogP contribution in [0.4, 0.5) is 10.1 Å². The number of amides is 1. The molecule has 1 spiro atoms. The molecule has 6 heteroatoms. The number of Topliss-reactive ketones (excluding diaryl/α,β-unsaturated/α-hetero) is 1. The first kappa shape index (κ1) is 20.7. The molecule has 2 heterocycles. The number of fused-ring (bicyclic) bond motifs is 3. The summed E-state index contributed by atoms with van der Waals surface area (Å²) < 4.78 is 25.7. The summed E-state index contributed by atoms with van der Waals surface area (Å²) in [5, 5.41) is 3.42. The van der Waals surface area contributed by atoms with Gasteiger partial charge in [0.2, 0.25) is 0 Å². The Morgan fingerprint density at radius 2 is 1.81 bits per heavy atom. The summed E-state index contributed by atoms with van der Waals surface area (Å²) in [6, 6.07) is 7.73. The Balaban J connectivity index is 1.52. The van der Waals surface area contributed by atoms with Gasteiger partial charge in [0.05, 0.1) is 12.0 Å². The van der Waals surface area contributed by atoms with Crippen molar-refractivity contribution in [3.63, 3.8) is 0 Å². The molecular weight excluding hydrogens is 409 g/mol. The van der Waals surface area contributed by atoms with Crippen LogP contribution in [0.2, 0.25) is 0 Å². The third-order valence-corrected chi connectivity index (χ3v) is 6.80. The van der Waals surface area contributed by atoms with Crippen molar-refractivity contribution in [3.8, 4) is 5.75 Å². The molecule has 1 aromatic heterocycles. The van der Waals surface area contributed by atoms with Crippen molar-refractivity contribution in [3.05, 3.63) is 58.6 Å². The lowest BCUT2D eigenvalue weighted by Crippen LogP contribution is -2.41. The number of carbonyl (C=O) groups is 2. The third-order valence-electron chi connectivity index (χ3n) is 6.80. The molecule has 1 saturated carbocycles. The number of carbonyl (C=O) groups excluding carboxylic acids is 2. The van der Waals surface area contributed by atoms with Gasteiger partial charge in [-0.15, -0.1) is 0 Å². The highest BCUT2D eigenvalue weighted by Crippen LogP contribution is 2.44. The normalized spacial score (nSPS) is 17.7. The zero-order chi connectivity index (χ0) is 22.5. The second kappa shape index (κ2) is 7.76. The Morgan fingerprint density at radius 3 is 2.53 bits per heavy atom. The molecule has 0 saturated heterocycles. The average Bonchev–Trinajstić information content (AvgIpc) is 2.93. The largest absolute Gasteiger partial charge is 0.486 e. The first-order valence-corrected chi connectivity index (χ1v) is 11.2. The lowest BCUT2D eigenvalue weighted by atomic mass is 9.83. The van der Waals surface area contributed by atoms with Crippen molar-refractivity contribution in [2.75, 3.05) is 5.32 Å². The molecule has 0 bridgehead atoms. The van der Waals surface area contributed by atoms with Crippen LogP contribution in [0.5, 0.6) is 5.75 Å². The van der Waals surface area contributed by atoms with Crippen LogP contribution in [0.3, 0.4) is 0 Å². The van der Waals surface area contributed by atoms with Crippen LogP contribution < -0.4 is 10.1 Å². The molecule has 166 valence electrons. The first-order chi connectivity index (χ1) is 15.4. The Hall–Kier alpha value is -3.15. The maximum absolute atomic E-state index is 13.4. The van der Waals surface area contributed by atoms with Gasteiger partial charge in [-0.3, -0.25) is 9.59 Å². The zero-order valence-corrected chi connectivity index (χ0v) is 18.3. The topological polar surface area (TPSA) is 68.5 Å². The van der Waals surface area contributed by atoms with E-state index in [2.05, 4.69) is 5.32 Å². The molecule has 0 atom stereocenters. The number of ether oxygens (including phenoxy) is 1. The highest BCUT2D eigenvalue weighted by molar-refractivity contribution is 6.15. The second-order valence-corrected chi connectivity index (χ2v) is 9.08. The minimum atomic E-state index is -0.438. The van der Waals surface area contributed by atoms with Crippen molar-refractivity contribution in [1.29, 1.82) is 0 Å². The number of benzene rings is 2. The van der Waals surface area contributed by atoms with E-state index in [1.54, 1.807) is 26.0 Å². The summed E-state index contributed by atoms with van der Waals surface area (Å²) in [7, 11) is 0. The molecule has 1 amide bonds. The summed E-state index contributed by atoms with van der Waals surface area (Å²) in [6.07, 6.45) is 6.65.